The maximum atomic E-state index is 13.0. The molecule has 4 rings (SSSR count). The number of hydrogen-bond acceptors (Lipinski definition) is 3. The number of carbonyl (C=O) groups excluding carboxylic acids is 1. The van der Waals surface area contributed by atoms with Crippen LogP contribution in [0.25, 0.3) is 11.1 Å². The van der Waals surface area contributed by atoms with Crippen molar-refractivity contribution in [2.45, 2.75) is 59.0 Å². The first kappa shape index (κ1) is 20.7. The summed E-state index contributed by atoms with van der Waals surface area (Å²) in [7, 11) is 0. The van der Waals surface area contributed by atoms with Gasteiger partial charge >= 0.3 is 0 Å². The second kappa shape index (κ2) is 9.09. The summed E-state index contributed by atoms with van der Waals surface area (Å²) >= 11 is 0. The Morgan fingerprint density at radius 2 is 1.97 bits per heavy atom. The largest absolute Gasteiger partial charge is 0.460 e. The smallest absolute Gasteiger partial charge is 0.268 e. The van der Waals surface area contributed by atoms with Crippen molar-refractivity contribution >= 4 is 17.0 Å². The van der Waals surface area contributed by atoms with Gasteiger partial charge in [0.1, 0.15) is 11.5 Å². The summed E-state index contributed by atoms with van der Waals surface area (Å²) in [5.74, 6) is 0.832. The van der Waals surface area contributed by atoms with Crippen LogP contribution >= 0.6 is 0 Å². The Labute approximate surface area is 179 Å². The molecule has 5 nitrogen and oxygen atoms in total. The Balaban J connectivity index is 1.43. The third kappa shape index (κ3) is 4.62. The summed E-state index contributed by atoms with van der Waals surface area (Å²) < 4.78 is 7.87. The average Bonchev–Trinajstić information content (AvgIpc) is 3.25. The van der Waals surface area contributed by atoms with Crippen LogP contribution < -0.4 is 5.32 Å². The number of likely N-dealkylation sites (tertiary alicyclic amines) is 1. The second-order valence-corrected chi connectivity index (χ2v) is 8.70. The summed E-state index contributed by atoms with van der Waals surface area (Å²) in [5.41, 5.74) is 4.81. The summed E-state index contributed by atoms with van der Waals surface area (Å²) in [6.07, 6.45) is 4.90. The van der Waals surface area contributed by atoms with Gasteiger partial charge in [0.05, 0.1) is 5.52 Å². The number of fused-ring (bicyclic) bond motifs is 1. The SMILES string of the molecule is Cc1ccc(Cn2c(C(=O)NCCCN3CCCCC3C)cc3oc(C)cc32)cc1. The van der Waals surface area contributed by atoms with E-state index in [0.717, 1.165) is 29.8 Å². The van der Waals surface area contributed by atoms with Crippen LogP contribution in [0.3, 0.4) is 0 Å². The fraction of sp³-hybridized carbons (Fsp3) is 0.480. The molecule has 5 heteroatoms. The maximum Gasteiger partial charge on any atom is 0.268 e. The van der Waals surface area contributed by atoms with E-state index in [0.29, 0.717) is 24.8 Å². The van der Waals surface area contributed by atoms with Gasteiger partial charge in [0.2, 0.25) is 0 Å². The van der Waals surface area contributed by atoms with Crippen molar-refractivity contribution in [2.75, 3.05) is 19.6 Å². The number of aromatic nitrogens is 1. The lowest BCUT2D eigenvalue weighted by molar-refractivity contribution is 0.0940. The van der Waals surface area contributed by atoms with Crippen LogP contribution in [0.1, 0.15) is 60.0 Å². The van der Waals surface area contributed by atoms with Gasteiger partial charge in [-0.1, -0.05) is 36.2 Å². The van der Waals surface area contributed by atoms with Gasteiger partial charge in [-0.25, -0.2) is 0 Å². The van der Waals surface area contributed by atoms with Crippen molar-refractivity contribution in [3.63, 3.8) is 0 Å². The van der Waals surface area contributed by atoms with E-state index in [-0.39, 0.29) is 5.91 Å². The van der Waals surface area contributed by atoms with E-state index in [4.69, 9.17) is 4.42 Å². The van der Waals surface area contributed by atoms with Crippen LogP contribution in [-0.4, -0.2) is 41.1 Å². The molecule has 0 aliphatic carbocycles. The van der Waals surface area contributed by atoms with Gasteiger partial charge < -0.3 is 19.2 Å². The third-order valence-corrected chi connectivity index (χ3v) is 6.25. The summed E-state index contributed by atoms with van der Waals surface area (Å²) in [4.78, 5) is 15.5. The van der Waals surface area contributed by atoms with Gasteiger partial charge in [-0.3, -0.25) is 4.79 Å². The van der Waals surface area contributed by atoms with Gasteiger partial charge in [-0.15, -0.1) is 0 Å². The highest BCUT2D eigenvalue weighted by atomic mass is 16.3. The van der Waals surface area contributed by atoms with Gasteiger partial charge in [0.15, 0.2) is 5.58 Å². The summed E-state index contributed by atoms with van der Waals surface area (Å²) in [6.45, 7) is 9.91. The zero-order valence-corrected chi connectivity index (χ0v) is 18.4. The Morgan fingerprint density at radius 1 is 1.17 bits per heavy atom. The standard InChI is InChI=1S/C25H33N3O2/c1-18-8-10-21(11-9-18)17-28-22-15-20(3)30-24(22)16-23(28)25(29)26-12-6-14-27-13-5-4-7-19(27)2/h8-11,15-16,19H,4-7,12-14,17H2,1-3H3,(H,26,29). The number of carbonyl (C=O) groups is 1. The second-order valence-electron chi connectivity index (χ2n) is 8.70. The summed E-state index contributed by atoms with van der Waals surface area (Å²) in [6, 6.07) is 13.0. The van der Waals surface area contributed by atoms with Crippen molar-refractivity contribution in [3.05, 3.63) is 59.0 Å². The van der Waals surface area contributed by atoms with E-state index in [1.807, 2.05) is 19.1 Å². The Hall–Kier alpha value is -2.53. The lowest BCUT2D eigenvalue weighted by Crippen LogP contribution is -2.39. The molecule has 0 bridgehead atoms. The van der Waals surface area contributed by atoms with E-state index < -0.39 is 0 Å². The number of nitrogens with one attached hydrogen (secondary N) is 1. The first-order valence-electron chi connectivity index (χ1n) is 11.2. The number of rotatable bonds is 7. The van der Waals surface area contributed by atoms with Gasteiger partial charge in [0.25, 0.3) is 5.91 Å². The van der Waals surface area contributed by atoms with E-state index in [9.17, 15) is 4.79 Å². The molecule has 3 aromatic rings. The molecule has 3 heterocycles. The molecular weight excluding hydrogens is 374 g/mol. The molecule has 30 heavy (non-hydrogen) atoms. The van der Waals surface area contributed by atoms with Crippen LogP contribution in [-0.2, 0) is 6.54 Å². The zero-order valence-electron chi connectivity index (χ0n) is 18.4. The molecule has 1 amide bonds. The quantitative estimate of drug-likeness (QED) is 0.567. The van der Waals surface area contributed by atoms with Crippen LogP contribution in [0.2, 0.25) is 0 Å². The van der Waals surface area contributed by atoms with Crippen molar-refractivity contribution in [2.24, 2.45) is 0 Å². The van der Waals surface area contributed by atoms with E-state index >= 15 is 0 Å². The van der Waals surface area contributed by atoms with Crippen molar-refractivity contribution in [3.8, 4) is 0 Å². The molecule has 0 saturated carbocycles. The van der Waals surface area contributed by atoms with Crippen LogP contribution in [0.4, 0.5) is 0 Å². The van der Waals surface area contributed by atoms with E-state index in [1.165, 1.54) is 36.9 Å². The minimum Gasteiger partial charge on any atom is -0.460 e. The van der Waals surface area contributed by atoms with Crippen molar-refractivity contribution in [1.82, 2.24) is 14.8 Å². The molecule has 1 aliphatic rings. The van der Waals surface area contributed by atoms with Crippen LogP contribution in [0.5, 0.6) is 0 Å². The first-order chi connectivity index (χ1) is 14.5. The molecule has 1 fully saturated rings. The predicted molar refractivity (Wildman–Crippen MR) is 121 cm³/mol. The Kier molecular flexibility index (Phi) is 6.28. The fourth-order valence-electron chi connectivity index (χ4n) is 4.46. The first-order valence-corrected chi connectivity index (χ1v) is 11.2. The minimum atomic E-state index is -0.0298. The Bertz CT molecular complexity index is 999. The molecular formula is C25H33N3O2. The number of piperidine rings is 1. The highest BCUT2D eigenvalue weighted by Gasteiger charge is 2.20. The van der Waals surface area contributed by atoms with E-state index in [2.05, 4.69) is 52.9 Å². The summed E-state index contributed by atoms with van der Waals surface area (Å²) in [5, 5.41) is 3.13. The molecule has 0 radical (unpaired) electrons. The molecule has 1 atom stereocenters. The number of nitrogens with zero attached hydrogens (tertiary/aromatic N) is 2. The van der Waals surface area contributed by atoms with E-state index in [1.54, 1.807) is 0 Å². The van der Waals surface area contributed by atoms with Crippen molar-refractivity contribution < 1.29 is 9.21 Å². The van der Waals surface area contributed by atoms with Gasteiger partial charge in [-0.2, -0.15) is 0 Å². The monoisotopic (exact) mass is 407 g/mol. The third-order valence-electron chi connectivity index (χ3n) is 6.25. The van der Waals surface area contributed by atoms with Crippen LogP contribution in [0, 0.1) is 13.8 Å². The maximum absolute atomic E-state index is 13.0. The predicted octanol–water partition coefficient (Wildman–Crippen LogP) is 4.89. The molecule has 1 N–H and O–H groups in total. The molecule has 0 spiro atoms. The topological polar surface area (TPSA) is 50.4 Å². The Morgan fingerprint density at radius 3 is 2.73 bits per heavy atom. The molecule has 1 unspecified atom stereocenters. The number of benzene rings is 1. The average molecular weight is 408 g/mol. The number of amides is 1. The zero-order chi connectivity index (χ0) is 21.1. The van der Waals surface area contributed by atoms with Gasteiger partial charge in [0, 0.05) is 37.8 Å². The highest BCUT2D eigenvalue weighted by molar-refractivity contribution is 5.97. The molecule has 160 valence electrons. The molecule has 2 aromatic heterocycles. The molecule has 1 aliphatic heterocycles. The molecule has 1 saturated heterocycles. The number of aryl methyl sites for hydroxylation is 2. The number of furan rings is 1. The minimum absolute atomic E-state index is 0.0298. The van der Waals surface area contributed by atoms with Gasteiger partial charge in [-0.05, 0) is 52.1 Å². The van der Waals surface area contributed by atoms with Crippen molar-refractivity contribution in [1.29, 1.82) is 0 Å². The van der Waals surface area contributed by atoms with Crippen LogP contribution in [0.15, 0.2) is 40.8 Å². The fourth-order valence-corrected chi connectivity index (χ4v) is 4.46. The lowest BCUT2D eigenvalue weighted by Gasteiger charge is -2.33. The highest BCUT2D eigenvalue weighted by Crippen LogP contribution is 2.25. The lowest BCUT2D eigenvalue weighted by atomic mass is 10.0. The molecule has 1 aromatic carbocycles. The normalized spacial score (nSPS) is 17.5. The number of hydrogen-bond donors (Lipinski definition) is 1.